The van der Waals surface area contributed by atoms with E-state index < -0.39 is 5.92 Å². The number of fused-ring (bicyclic) bond motifs is 1. The minimum Gasteiger partial charge on any atom is -0.508 e. The Balaban J connectivity index is 1.72. The second-order valence-electron chi connectivity index (χ2n) is 7.02. The Hall–Kier alpha value is -3.84. The lowest BCUT2D eigenvalue weighted by molar-refractivity contribution is 0.306. The molecule has 3 N–H and O–H groups in total. The number of rotatable bonds is 4. The summed E-state index contributed by atoms with van der Waals surface area (Å²) in [5, 5.41) is 29.2. The van der Waals surface area contributed by atoms with Crippen LogP contribution >= 0.6 is 23.2 Å². The Kier molecular flexibility index (Phi) is 5.83. The summed E-state index contributed by atoms with van der Waals surface area (Å²) in [5.74, 6) is -0.0392. The number of nitrogens with zero attached hydrogens (tertiary/aromatic N) is 2. The SMILES string of the molecule is N#CC1=C(N)Oc2cc(O)ccc2[C@@H]1c1cc(Cl)c(OCc2ccccc2C#N)c(Cl)c1. The Labute approximate surface area is 194 Å². The van der Waals surface area contributed by atoms with E-state index in [0.29, 0.717) is 28.0 Å². The van der Waals surface area contributed by atoms with Crippen molar-refractivity contribution in [2.45, 2.75) is 12.5 Å². The van der Waals surface area contributed by atoms with Gasteiger partial charge in [-0.3, -0.25) is 0 Å². The standard InChI is InChI=1S/C24H15Cl2N3O3/c25-19-7-15(8-20(26)23(19)31-12-14-4-2-1-3-13(14)10-27)22-17-6-5-16(30)9-21(17)32-24(29)18(22)11-28/h1-9,22,30H,12,29H2/t22-/m0/s1. The third kappa shape index (κ3) is 3.90. The van der Waals surface area contributed by atoms with E-state index in [1.165, 1.54) is 12.1 Å². The average molecular weight is 464 g/mol. The van der Waals surface area contributed by atoms with Crippen LogP contribution in [0.15, 0.2) is 66.1 Å². The molecule has 0 aliphatic carbocycles. The monoisotopic (exact) mass is 463 g/mol. The molecule has 3 aromatic rings. The van der Waals surface area contributed by atoms with Crippen LogP contribution < -0.4 is 15.2 Å². The molecular weight excluding hydrogens is 449 g/mol. The number of nitrogens with two attached hydrogens (primary N) is 1. The highest BCUT2D eigenvalue weighted by atomic mass is 35.5. The third-order valence-corrected chi connectivity index (χ3v) is 5.63. The Morgan fingerprint density at radius 3 is 2.44 bits per heavy atom. The van der Waals surface area contributed by atoms with Crippen LogP contribution in [0.3, 0.4) is 0 Å². The fraction of sp³-hybridized carbons (Fsp3) is 0.0833. The largest absolute Gasteiger partial charge is 0.508 e. The first-order chi connectivity index (χ1) is 15.4. The van der Waals surface area contributed by atoms with Crippen molar-refractivity contribution in [3.05, 3.63) is 98.4 Å². The fourth-order valence-electron chi connectivity index (χ4n) is 3.58. The van der Waals surface area contributed by atoms with Gasteiger partial charge in [0.1, 0.15) is 29.7 Å². The Morgan fingerprint density at radius 1 is 1.03 bits per heavy atom. The van der Waals surface area contributed by atoms with Crippen LogP contribution in [0.5, 0.6) is 17.2 Å². The predicted octanol–water partition coefficient (Wildman–Crippen LogP) is 5.37. The minimum absolute atomic E-state index is 0.00757. The zero-order chi connectivity index (χ0) is 22.8. The van der Waals surface area contributed by atoms with E-state index in [4.69, 9.17) is 38.4 Å². The molecule has 0 unspecified atom stereocenters. The van der Waals surface area contributed by atoms with Gasteiger partial charge in [0.05, 0.1) is 27.6 Å². The summed E-state index contributed by atoms with van der Waals surface area (Å²) in [6, 6.07) is 19.2. The molecule has 6 nitrogen and oxygen atoms in total. The maximum absolute atomic E-state index is 9.79. The number of phenols is 1. The lowest BCUT2D eigenvalue weighted by Crippen LogP contribution is -2.21. The van der Waals surface area contributed by atoms with Crippen molar-refractivity contribution in [3.63, 3.8) is 0 Å². The highest BCUT2D eigenvalue weighted by Crippen LogP contribution is 2.46. The molecular formula is C24H15Cl2N3O3. The first-order valence-corrected chi connectivity index (χ1v) is 10.2. The fourth-order valence-corrected chi connectivity index (χ4v) is 4.19. The maximum Gasteiger partial charge on any atom is 0.205 e. The molecule has 0 radical (unpaired) electrons. The van der Waals surface area contributed by atoms with Gasteiger partial charge in [-0.1, -0.05) is 47.5 Å². The minimum atomic E-state index is -0.590. The molecule has 0 bridgehead atoms. The lowest BCUT2D eigenvalue weighted by Gasteiger charge is -2.27. The molecule has 1 aliphatic rings. The Bertz CT molecular complexity index is 1320. The van der Waals surface area contributed by atoms with Crippen LogP contribution in [-0.4, -0.2) is 5.11 Å². The van der Waals surface area contributed by atoms with Crippen molar-refractivity contribution in [1.29, 1.82) is 10.5 Å². The summed E-state index contributed by atoms with van der Waals surface area (Å²) in [4.78, 5) is 0. The van der Waals surface area contributed by atoms with Gasteiger partial charge in [0.25, 0.3) is 0 Å². The number of nitriles is 2. The molecule has 1 heterocycles. The van der Waals surface area contributed by atoms with Crippen molar-refractivity contribution in [2.24, 2.45) is 5.73 Å². The number of halogens is 2. The van der Waals surface area contributed by atoms with Crippen molar-refractivity contribution in [2.75, 3.05) is 0 Å². The number of allylic oxidation sites excluding steroid dienone is 1. The van der Waals surface area contributed by atoms with Crippen LogP contribution in [0.4, 0.5) is 0 Å². The molecule has 0 saturated carbocycles. The van der Waals surface area contributed by atoms with E-state index in [2.05, 4.69) is 12.1 Å². The smallest absolute Gasteiger partial charge is 0.205 e. The highest BCUT2D eigenvalue weighted by molar-refractivity contribution is 6.37. The van der Waals surface area contributed by atoms with Crippen LogP contribution in [0, 0.1) is 22.7 Å². The van der Waals surface area contributed by atoms with E-state index in [0.717, 1.165) is 0 Å². The summed E-state index contributed by atoms with van der Waals surface area (Å²) in [5.41, 5.74) is 8.61. The summed E-state index contributed by atoms with van der Waals surface area (Å²) in [7, 11) is 0. The van der Waals surface area contributed by atoms with Crippen LogP contribution in [0.25, 0.3) is 0 Å². The molecule has 0 aromatic heterocycles. The van der Waals surface area contributed by atoms with E-state index >= 15 is 0 Å². The lowest BCUT2D eigenvalue weighted by atomic mass is 9.83. The van der Waals surface area contributed by atoms with Gasteiger partial charge in [0.2, 0.25) is 5.88 Å². The number of hydrogen-bond donors (Lipinski definition) is 2. The molecule has 0 saturated heterocycles. The van der Waals surface area contributed by atoms with Gasteiger partial charge in [0.15, 0.2) is 5.75 Å². The van der Waals surface area contributed by atoms with E-state index in [1.54, 1.807) is 36.4 Å². The number of hydrogen-bond acceptors (Lipinski definition) is 6. The Morgan fingerprint density at radius 2 is 1.75 bits per heavy atom. The van der Waals surface area contributed by atoms with Crippen molar-refractivity contribution >= 4 is 23.2 Å². The van der Waals surface area contributed by atoms with Gasteiger partial charge in [-0.15, -0.1) is 0 Å². The average Bonchev–Trinajstić information content (AvgIpc) is 2.77. The zero-order valence-electron chi connectivity index (χ0n) is 16.5. The van der Waals surface area contributed by atoms with Gasteiger partial charge < -0.3 is 20.3 Å². The van der Waals surface area contributed by atoms with Crippen molar-refractivity contribution in [3.8, 4) is 29.4 Å². The van der Waals surface area contributed by atoms with Crippen LogP contribution in [0.2, 0.25) is 10.0 Å². The molecule has 0 fully saturated rings. The summed E-state index contributed by atoms with van der Waals surface area (Å²) in [6.07, 6.45) is 0. The van der Waals surface area contributed by atoms with E-state index in [-0.39, 0.29) is 39.6 Å². The van der Waals surface area contributed by atoms with Gasteiger partial charge in [-0.25, -0.2) is 0 Å². The summed E-state index contributed by atoms with van der Waals surface area (Å²) >= 11 is 13.0. The van der Waals surface area contributed by atoms with E-state index in [1.807, 2.05) is 6.07 Å². The topological polar surface area (TPSA) is 112 Å². The molecule has 0 spiro atoms. The molecule has 32 heavy (non-hydrogen) atoms. The number of aromatic hydroxyl groups is 1. The molecule has 8 heteroatoms. The molecule has 158 valence electrons. The van der Waals surface area contributed by atoms with Gasteiger partial charge in [-0.2, -0.15) is 10.5 Å². The van der Waals surface area contributed by atoms with Gasteiger partial charge in [0, 0.05) is 17.2 Å². The predicted molar refractivity (Wildman–Crippen MR) is 119 cm³/mol. The van der Waals surface area contributed by atoms with Gasteiger partial charge >= 0.3 is 0 Å². The van der Waals surface area contributed by atoms with Gasteiger partial charge in [-0.05, 0) is 29.8 Å². The molecule has 1 aliphatic heterocycles. The van der Waals surface area contributed by atoms with Crippen LogP contribution in [-0.2, 0) is 6.61 Å². The van der Waals surface area contributed by atoms with Crippen LogP contribution in [0.1, 0.15) is 28.2 Å². The third-order valence-electron chi connectivity index (χ3n) is 5.07. The second-order valence-corrected chi connectivity index (χ2v) is 7.83. The number of ether oxygens (including phenoxy) is 2. The van der Waals surface area contributed by atoms with E-state index in [9.17, 15) is 15.6 Å². The number of phenolic OH excluding ortho intramolecular Hbond substituents is 1. The summed E-state index contributed by atoms with van der Waals surface area (Å²) in [6.45, 7) is 0.109. The van der Waals surface area contributed by atoms with Crippen molar-refractivity contribution < 1.29 is 14.6 Å². The second kappa shape index (κ2) is 8.72. The normalized spacial score (nSPS) is 14.7. The zero-order valence-corrected chi connectivity index (χ0v) is 18.0. The van der Waals surface area contributed by atoms with Crippen molar-refractivity contribution in [1.82, 2.24) is 0 Å². The molecule has 4 rings (SSSR count). The maximum atomic E-state index is 9.79. The first kappa shape index (κ1) is 21.4. The molecule has 1 atom stereocenters. The molecule has 0 amide bonds. The summed E-state index contributed by atoms with van der Waals surface area (Å²) < 4.78 is 11.3. The number of benzene rings is 3. The first-order valence-electron chi connectivity index (χ1n) is 9.43. The molecule has 3 aromatic carbocycles. The highest BCUT2D eigenvalue weighted by Gasteiger charge is 2.32. The quantitative estimate of drug-likeness (QED) is 0.537.